The molecule has 0 aliphatic rings. The zero-order valence-electron chi connectivity index (χ0n) is 7.87. The van der Waals surface area contributed by atoms with Crippen molar-refractivity contribution in [2.24, 2.45) is 0 Å². The van der Waals surface area contributed by atoms with Gasteiger partial charge in [0.25, 0.3) is 0 Å². The summed E-state index contributed by atoms with van der Waals surface area (Å²) < 4.78 is 0. The summed E-state index contributed by atoms with van der Waals surface area (Å²) in [6.07, 6.45) is 1.85. The molecule has 0 spiro atoms. The average molecular weight is 181 g/mol. The summed E-state index contributed by atoms with van der Waals surface area (Å²) in [4.78, 5) is 4.24. The quantitative estimate of drug-likeness (QED) is 0.711. The molecule has 66 valence electrons. The third-order valence-electron chi connectivity index (χ3n) is 1.69. The maximum Gasteiger partial charge on any atom is 0.0412 e. The van der Waals surface area contributed by atoms with E-state index in [0.717, 1.165) is 11.4 Å². The number of hydrogen-bond acceptors (Lipinski definition) is 2. The molecule has 0 radical (unpaired) electrons. The summed E-state index contributed by atoms with van der Waals surface area (Å²) in [6, 6.07) is 4.15. The van der Waals surface area contributed by atoms with Gasteiger partial charge in [-0.1, -0.05) is 19.9 Å². The largest absolute Gasteiger partial charge is 0.261 e. The number of nitrogens with zero attached hydrogens (tertiary/aromatic N) is 1. The van der Waals surface area contributed by atoms with E-state index in [1.165, 1.54) is 5.56 Å². The topological polar surface area (TPSA) is 12.9 Å². The molecule has 0 saturated carbocycles. The highest BCUT2D eigenvalue weighted by atomic mass is 32.2. The van der Waals surface area contributed by atoms with Crippen LogP contribution >= 0.6 is 11.8 Å². The fraction of sp³-hybridized carbons (Fsp3) is 0.500. The Balaban J connectivity index is 2.57. The summed E-state index contributed by atoms with van der Waals surface area (Å²) in [7, 11) is 0. The molecule has 1 heterocycles. The Morgan fingerprint density at radius 2 is 2.25 bits per heavy atom. The highest BCUT2D eigenvalue weighted by Gasteiger charge is 1.99. The van der Waals surface area contributed by atoms with E-state index in [-0.39, 0.29) is 0 Å². The van der Waals surface area contributed by atoms with Crippen molar-refractivity contribution in [1.29, 1.82) is 0 Å². The molecule has 0 amide bonds. The van der Waals surface area contributed by atoms with Crippen molar-refractivity contribution >= 4 is 11.8 Å². The van der Waals surface area contributed by atoms with E-state index in [9.17, 15) is 0 Å². The van der Waals surface area contributed by atoms with E-state index in [0.29, 0.717) is 5.25 Å². The van der Waals surface area contributed by atoms with Crippen LogP contribution in [0.25, 0.3) is 0 Å². The number of pyridine rings is 1. The van der Waals surface area contributed by atoms with Gasteiger partial charge in [0.1, 0.15) is 0 Å². The summed E-state index contributed by atoms with van der Waals surface area (Å²) in [6.45, 7) is 6.50. The summed E-state index contributed by atoms with van der Waals surface area (Å²) >= 11 is 1.96. The van der Waals surface area contributed by atoms with Crippen LogP contribution in [0.1, 0.15) is 25.1 Å². The first-order valence-electron chi connectivity index (χ1n) is 4.22. The molecule has 1 nitrogen and oxygen atoms in total. The number of thioether (sulfide) groups is 1. The van der Waals surface area contributed by atoms with Crippen molar-refractivity contribution < 1.29 is 0 Å². The van der Waals surface area contributed by atoms with Crippen LogP contribution in [0.15, 0.2) is 18.3 Å². The van der Waals surface area contributed by atoms with Crippen molar-refractivity contribution in [3.63, 3.8) is 0 Å². The summed E-state index contributed by atoms with van der Waals surface area (Å²) in [5.74, 6) is 1.08. The minimum absolute atomic E-state index is 0.699. The zero-order chi connectivity index (χ0) is 8.97. The second kappa shape index (κ2) is 4.51. The highest BCUT2D eigenvalue weighted by Crippen LogP contribution is 2.18. The van der Waals surface area contributed by atoms with Gasteiger partial charge in [0.2, 0.25) is 0 Å². The number of aryl methyl sites for hydroxylation is 1. The van der Waals surface area contributed by atoms with Crippen molar-refractivity contribution in [1.82, 2.24) is 4.98 Å². The molecule has 0 aliphatic carbocycles. The fourth-order valence-corrected chi connectivity index (χ4v) is 1.74. The molecule has 0 N–H and O–H groups in total. The molecule has 12 heavy (non-hydrogen) atoms. The fourth-order valence-electron chi connectivity index (χ4n) is 0.927. The van der Waals surface area contributed by atoms with Crippen LogP contribution in [-0.4, -0.2) is 10.2 Å². The van der Waals surface area contributed by atoms with Crippen LogP contribution in [0, 0.1) is 6.92 Å². The Bertz CT molecular complexity index is 245. The normalized spacial score (nSPS) is 10.7. The van der Waals surface area contributed by atoms with Crippen molar-refractivity contribution in [3.8, 4) is 0 Å². The van der Waals surface area contributed by atoms with E-state index in [1.54, 1.807) is 0 Å². The summed E-state index contributed by atoms with van der Waals surface area (Å²) in [5, 5.41) is 0.699. The number of hydrogen-bond donors (Lipinski definition) is 0. The Labute approximate surface area is 78.6 Å². The van der Waals surface area contributed by atoms with Crippen LogP contribution in [0.2, 0.25) is 0 Å². The molecule has 0 saturated heterocycles. The molecule has 0 unspecified atom stereocenters. The van der Waals surface area contributed by atoms with Crippen LogP contribution < -0.4 is 0 Å². The molecular weight excluding hydrogens is 166 g/mol. The molecule has 0 aromatic carbocycles. The third kappa shape index (κ3) is 2.86. The van der Waals surface area contributed by atoms with Gasteiger partial charge in [-0.25, -0.2) is 0 Å². The van der Waals surface area contributed by atoms with E-state index >= 15 is 0 Å². The zero-order valence-corrected chi connectivity index (χ0v) is 8.69. The highest BCUT2D eigenvalue weighted by molar-refractivity contribution is 7.99. The molecule has 0 bridgehead atoms. The molecule has 2 heteroatoms. The molecule has 1 aromatic heterocycles. The standard InChI is InChI=1S/C10H15NS/c1-8(2)12-7-10-5-4-6-11-9(10)3/h4-6,8H,7H2,1-3H3. The van der Waals surface area contributed by atoms with Crippen molar-refractivity contribution in [2.75, 3.05) is 0 Å². The van der Waals surface area contributed by atoms with Crippen LogP contribution in [0.4, 0.5) is 0 Å². The lowest BCUT2D eigenvalue weighted by Gasteiger charge is -2.06. The Kier molecular flexibility index (Phi) is 3.60. The lowest BCUT2D eigenvalue weighted by Crippen LogP contribution is -1.92. The smallest absolute Gasteiger partial charge is 0.0412 e. The molecule has 1 aromatic rings. The van der Waals surface area contributed by atoms with Gasteiger partial charge in [-0.2, -0.15) is 11.8 Å². The van der Waals surface area contributed by atoms with E-state index in [4.69, 9.17) is 0 Å². The third-order valence-corrected chi connectivity index (χ3v) is 2.83. The first kappa shape index (κ1) is 9.59. The van der Waals surface area contributed by atoms with Crippen molar-refractivity contribution in [3.05, 3.63) is 29.6 Å². The second-order valence-electron chi connectivity index (χ2n) is 3.11. The lowest BCUT2D eigenvalue weighted by atomic mass is 10.2. The second-order valence-corrected chi connectivity index (χ2v) is 4.67. The maximum atomic E-state index is 4.24. The lowest BCUT2D eigenvalue weighted by molar-refractivity contribution is 1.09. The minimum atomic E-state index is 0.699. The molecule has 0 atom stereocenters. The van der Waals surface area contributed by atoms with Crippen LogP contribution in [0.3, 0.4) is 0 Å². The molecule has 0 aliphatic heterocycles. The predicted molar refractivity (Wildman–Crippen MR) is 55.4 cm³/mol. The monoisotopic (exact) mass is 181 g/mol. The van der Waals surface area contributed by atoms with Gasteiger partial charge in [-0.3, -0.25) is 4.98 Å². The van der Waals surface area contributed by atoms with Crippen LogP contribution in [-0.2, 0) is 5.75 Å². The van der Waals surface area contributed by atoms with E-state index < -0.39 is 0 Å². The predicted octanol–water partition coefficient (Wildman–Crippen LogP) is 3.03. The molecule has 0 fully saturated rings. The van der Waals surface area contributed by atoms with Gasteiger partial charge in [-0.15, -0.1) is 0 Å². The van der Waals surface area contributed by atoms with Crippen molar-refractivity contribution in [2.45, 2.75) is 31.8 Å². The summed E-state index contributed by atoms with van der Waals surface area (Å²) in [5.41, 5.74) is 2.52. The van der Waals surface area contributed by atoms with Gasteiger partial charge >= 0.3 is 0 Å². The van der Waals surface area contributed by atoms with E-state index in [2.05, 4.69) is 31.8 Å². The first-order valence-corrected chi connectivity index (χ1v) is 5.27. The number of rotatable bonds is 3. The Morgan fingerprint density at radius 1 is 1.50 bits per heavy atom. The van der Waals surface area contributed by atoms with Gasteiger partial charge in [-0.05, 0) is 23.8 Å². The van der Waals surface area contributed by atoms with Gasteiger partial charge in [0.05, 0.1) is 0 Å². The average Bonchev–Trinajstić information content (AvgIpc) is 2.03. The van der Waals surface area contributed by atoms with E-state index in [1.807, 2.05) is 24.0 Å². The minimum Gasteiger partial charge on any atom is -0.261 e. The number of aromatic nitrogens is 1. The van der Waals surface area contributed by atoms with Gasteiger partial charge in [0, 0.05) is 17.6 Å². The van der Waals surface area contributed by atoms with Crippen LogP contribution in [0.5, 0.6) is 0 Å². The Morgan fingerprint density at radius 3 is 2.83 bits per heavy atom. The molecule has 1 rings (SSSR count). The Hall–Kier alpha value is -0.500. The first-order chi connectivity index (χ1) is 5.70. The SMILES string of the molecule is Cc1ncccc1CSC(C)C. The maximum absolute atomic E-state index is 4.24. The molecular formula is C10H15NS. The van der Waals surface area contributed by atoms with Gasteiger partial charge < -0.3 is 0 Å². The van der Waals surface area contributed by atoms with Gasteiger partial charge in [0.15, 0.2) is 0 Å².